The largest absolute Gasteiger partial charge is 0.490 e. The van der Waals surface area contributed by atoms with Gasteiger partial charge in [0.25, 0.3) is 0 Å². The zero-order chi connectivity index (χ0) is 12.3. The number of carbonyl (C=O) groups excluding carboxylic acids is 1. The molecule has 0 saturated carbocycles. The molecule has 0 saturated heterocycles. The Morgan fingerprint density at radius 1 is 1.56 bits per heavy atom. The number of Topliss-reactive ketones (excluding diaryl/α,β-unsaturated/α-hetero) is 1. The van der Waals surface area contributed by atoms with E-state index in [1.54, 1.807) is 6.07 Å². The predicted octanol–water partition coefficient (Wildman–Crippen LogP) is 2.94. The molecule has 0 aliphatic heterocycles. The molecule has 0 aromatic heterocycles. The lowest BCUT2D eigenvalue weighted by atomic mass is 10.1. The first-order valence-corrected chi connectivity index (χ1v) is 6.04. The number of ketones is 1. The van der Waals surface area contributed by atoms with Gasteiger partial charge >= 0.3 is 5.69 Å². The van der Waals surface area contributed by atoms with Gasteiger partial charge in [-0.05, 0) is 28.1 Å². The first-order chi connectivity index (χ1) is 7.52. The minimum absolute atomic E-state index is 0.0135. The van der Waals surface area contributed by atoms with E-state index in [4.69, 9.17) is 4.74 Å². The van der Waals surface area contributed by atoms with Crippen molar-refractivity contribution < 1.29 is 14.5 Å². The number of alkyl halides is 1. The van der Waals surface area contributed by atoms with Gasteiger partial charge in [-0.15, -0.1) is 0 Å². The standard InChI is InChI=1S/C9H7Br2NO4/c1-16-7-3-2-5(11)8(6(13)4-10)9(7)12(14)15/h2-3H,4H2,1H3. The molecule has 0 radical (unpaired) electrons. The molecule has 7 heteroatoms. The molecule has 5 nitrogen and oxygen atoms in total. The highest BCUT2D eigenvalue weighted by Crippen LogP contribution is 2.36. The van der Waals surface area contributed by atoms with Crippen LogP contribution in [0, 0.1) is 10.1 Å². The molecule has 0 unspecified atom stereocenters. The molecule has 0 bridgehead atoms. The zero-order valence-electron chi connectivity index (χ0n) is 8.20. The zero-order valence-corrected chi connectivity index (χ0v) is 11.4. The number of rotatable bonds is 4. The maximum Gasteiger partial charge on any atom is 0.322 e. The van der Waals surface area contributed by atoms with E-state index in [0.29, 0.717) is 4.47 Å². The maximum absolute atomic E-state index is 11.6. The van der Waals surface area contributed by atoms with E-state index in [2.05, 4.69) is 31.9 Å². The number of carbonyl (C=O) groups is 1. The summed E-state index contributed by atoms with van der Waals surface area (Å²) in [5.74, 6) is -0.310. The molecule has 86 valence electrons. The lowest BCUT2D eigenvalue weighted by Crippen LogP contribution is -2.07. The Morgan fingerprint density at radius 2 is 2.19 bits per heavy atom. The van der Waals surface area contributed by atoms with Crippen LogP contribution in [0.1, 0.15) is 10.4 Å². The fraction of sp³-hybridized carbons (Fsp3) is 0.222. The summed E-state index contributed by atoms with van der Waals surface area (Å²) in [5, 5.41) is 10.9. The SMILES string of the molecule is COc1ccc(Br)c(C(=O)CBr)c1[N+](=O)[O-]. The predicted molar refractivity (Wildman–Crippen MR) is 65.5 cm³/mol. The molecule has 0 atom stereocenters. The Hall–Kier alpha value is -0.950. The van der Waals surface area contributed by atoms with Crippen LogP contribution in [0.25, 0.3) is 0 Å². The van der Waals surface area contributed by atoms with Crippen molar-refractivity contribution in [2.24, 2.45) is 0 Å². The van der Waals surface area contributed by atoms with E-state index in [-0.39, 0.29) is 28.1 Å². The van der Waals surface area contributed by atoms with Crippen LogP contribution < -0.4 is 4.74 Å². The van der Waals surface area contributed by atoms with Crippen molar-refractivity contribution in [2.45, 2.75) is 0 Å². The molecule has 1 rings (SSSR count). The summed E-state index contributed by atoms with van der Waals surface area (Å²) in [6.45, 7) is 0. The fourth-order valence-corrected chi connectivity index (χ4v) is 2.05. The first kappa shape index (κ1) is 13.1. The number of nitrogens with zero attached hydrogens (tertiary/aromatic N) is 1. The number of benzene rings is 1. The maximum atomic E-state index is 11.6. The normalized spacial score (nSPS) is 9.94. The minimum atomic E-state index is -0.626. The van der Waals surface area contributed by atoms with Gasteiger partial charge in [0.05, 0.1) is 17.4 Å². The molecular weight excluding hydrogens is 346 g/mol. The second-order valence-electron chi connectivity index (χ2n) is 2.79. The highest BCUT2D eigenvalue weighted by atomic mass is 79.9. The van der Waals surface area contributed by atoms with Crippen molar-refractivity contribution in [3.63, 3.8) is 0 Å². The quantitative estimate of drug-likeness (QED) is 0.361. The lowest BCUT2D eigenvalue weighted by molar-refractivity contribution is -0.386. The Labute approximate surface area is 108 Å². The monoisotopic (exact) mass is 351 g/mol. The van der Waals surface area contributed by atoms with Crippen molar-refractivity contribution in [2.75, 3.05) is 12.4 Å². The number of methoxy groups -OCH3 is 1. The summed E-state index contributed by atoms with van der Waals surface area (Å²) in [7, 11) is 1.32. The minimum Gasteiger partial charge on any atom is -0.490 e. The lowest BCUT2D eigenvalue weighted by Gasteiger charge is -2.07. The molecule has 16 heavy (non-hydrogen) atoms. The number of hydrogen-bond acceptors (Lipinski definition) is 4. The number of ether oxygens (including phenoxy) is 1. The van der Waals surface area contributed by atoms with E-state index in [0.717, 1.165) is 0 Å². The van der Waals surface area contributed by atoms with Crippen molar-refractivity contribution >= 4 is 43.3 Å². The molecular formula is C9H7Br2NO4. The van der Waals surface area contributed by atoms with Crippen LogP contribution in [0.15, 0.2) is 16.6 Å². The molecule has 0 aliphatic rings. The number of nitro groups is 1. The average molecular weight is 353 g/mol. The van der Waals surface area contributed by atoms with Gasteiger partial charge in [-0.3, -0.25) is 14.9 Å². The molecule has 1 aromatic rings. The van der Waals surface area contributed by atoms with Gasteiger partial charge in [-0.2, -0.15) is 0 Å². The molecule has 0 fully saturated rings. The van der Waals surface area contributed by atoms with Crippen molar-refractivity contribution in [3.05, 3.63) is 32.3 Å². The summed E-state index contributed by atoms with van der Waals surface area (Å²) in [6.07, 6.45) is 0. The van der Waals surface area contributed by atoms with Crippen molar-refractivity contribution in [1.29, 1.82) is 0 Å². The Kier molecular flexibility index (Phi) is 4.43. The molecule has 0 spiro atoms. The fourth-order valence-electron chi connectivity index (χ4n) is 1.23. The van der Waals surface area contributed by atoms with Gasteiger partial charge in [0.15, 0.2) is 11.5 Å². The van der Waals surface area contributed by atoms with Gasteiger partial charge in [-0.1, -0.05) is 15.9 Å². The second-order valence-corrected chi connectivity index (χ2v) is 4.20. The van der Waals surface area contributed by atoms with Crippen LogP contribution in [0.5, 0.6) is 5.75 Å². The van der Waals surface area contributed by atoms with Gasteiger partial charge < -0.3 is 4.74 Å². The Bertz CT molecular complexity index is 447. The summed E-state index contributed by atoms with van der Waals surface area (Å²) >= 11 is 6.10. The summed E-state index contributed by atoms with van der Waals surface area (Å²) in [6, 6.07) is 2.98. The Balaban J connectivity index is 3.54. The number of halogens is 2. The molecule has 1 aromatic carbocycles. The van der Waals surface area contributed by atoms with E-state index in [1.807, 2.05) is 0 Å². The Morgan fingerprint density at radius 3 is 2.62 bits per heavy atom. The van der Waals surface area contributed by atoms with E-state index < -0.39 is 4.92 Å². The van der Waals surface area contributed by atoms with E-state index in [1.165, 1.54) is 13.2 Å². The average Bonchev–Trinajstić information content (AvgIpc) is 2.27. The van der Waals surface area contributed by atoms with E-state index >= 15 is 0 Å². The second kappa shape index (κ2) is 5.40. The highest BCUT2D eigenvalue weighted by Gasteiger charge is 2.27. The molecule has 0 amide bonds. The first-order valence-electron chi connectivity index (χ1n) is 4.13. The van der Waals surface area contributed by atoms with Crippen LogP contribution in [0.2, 0.25) is 0 Å². The third kappa shape index (κ3) is 2.41. The molecule has 0 heterocycles. The highest BCUT2D eigenvalue weighted by molar-refractivity contribution is 9.10. The topological polar surface area (TPSA) is 69.4 Å². The van der Waals surface area contributed by atoms with Crippen LogP contribution in [0.4, 0.5) is 5.69 Å². The third-order valence-electron chi connectivity index (χ3n) is 1.89. The van der Waals surface area contributed by atoms with Gasteiger partial charge in [0.1, 0.15) is 5.56 Å². The summed E-state index contributed by atoms with van der Waals surface area (Å²) in [5.41, 5.74) is -0.303. The molecule has 0 aliphatic carbocycles. The van der Waals surface area contributed by atoms with Gasteiger partial charge in [0.2, 0.25) is 0 Å². The van der Waals surface area contributed by atoms with Crippen LogP contribution in [-0.2, 0) is 0 Å². The van der Waals surface area contributed by atoms with E-state index in [9.17, 15) is 14.9 Å². The van der Waals surface area contributed by atoms with Crippen LogP contribution in [-0.4, -0.2) is 23.1 Å². The van der Waals surface area contributed by atoms with Gasteiger partial charge in [0, 0.05) is 4.47 Å². The smallest absolute Gasteiger partial charge is 0.322 e. The van der Waals surface area contributed by atoms with Crippen LogP contribution >= 0.6 is 31.9 Å². The number of hydrogen-bond donors (Lipinski definition) is 0. The third-order valence-corrected chi connectivity index (χ3v) is 3.06. The summed E-state index contributed by atoms with van der Waals surface area (Å²) < 4.78 is 5.25. The summed E-state index contributed by atoms with van der Waals surface area (Å²) in [4.78, 5) is 21.9. The number of nitro benzene ring substituents is 1. The van der Waals surface area contributed by atoms with Crippen LogP contribution in [0.3, 0.4) is 0 Å². The van der Waals surface area contributed by atoms with Gasteiger partial charge in [-0.25, -0.2) is 0 Å². The van der Waals surface area contributed by atoms with Crippen molar-refractivity contribution in [3.8, 4) is 5.75 Å². The van der Waals surface area contributed by atoms with Crippen molar-refractivity contribution in [1.82, 2.24) is 0 Å². The molecule has 0 N–H and O–H groups in total.